The maximum absolute atomic E-state index is 5.98. The summed E-state index contributed by atoms with van der Waals surface area (Å²) in [4.78, 5) is 2.43. The van der Waals surface area contributed by atoms with Crippen molar-refractivity contribution >= 4 is 0 Å². The highest BCUT2D eigenvalue weighted by Gasteiger charge is 2.27. The molecular formula is C13H24N4O. The Hall–Kier alpha value is -0.910. The molecule has 0 radical (unpaired) electrons. The molecule has 1 aromatic heterocycles. The van der Waals surface area contributed by atoms with Crippen LogP contribution in [0.3, 0.4) is 0 Å². The molecule has 1 saturated heterocycles. The average Bonchev–Trinajstić information content (AvgIpc) is 2.70. The van der Waals surface area contributed by atoms with Gasteiger partial charge in [-0.15, -0.1) is 0 Å². The molecule has 0 aromatic carbocycles. The van der Waals surface area contributed by atoms with Crippen molar-refractivity contribution in [3.05, 3.63) is 17.5 Å². The van der Waals surface area contributed by atoms with Crippen LogP contribution in [0.2, 0.25) is 0 Å². The van der Waals surface area contributed by atoms with E-state index in [0.717, 1.165) is 25.2 Å². The molecule has 1 aromatic rings. The lowest BCUT2D eigenvalue weighted by Crippen LogP contribution is -2.43. The van der Waals surface area contributed by atoms with E-state index >= 15 is 0 Å². The quantitative estimate of drug-likeness (QED) is 0.862. The number of nitrogens with zero attached hydrogens (tertiary/aromatic N) is 3. The molecule has 1 aliphatic heterocycles. The molecule has 0 amide bonds. The van der Waals surface area contributed by atoms with E-state index in [1.54, 1.807) is 7.11 Å². The average molecular weight is 252 g/mol. The van der Waals surface area contributed by atoms with Crippen LogP contribution in [0.5, 0.6) is 0 Å². The summed E-state index contributed by atoms with van der Waals surface area (Å²) in [5.74, 6) is 0. The molecule has 18 heavy (non-hydrogen) atoms. The summed E-state index contributed by atoms with van der Waals surface area (Å²) in [6.45, 7) is 4.74. The predicted molar refractivity (Wildman–Crippen MR) is 71.3 cm³/mol. The Kier molecular flexibility index (Phi) is 4.37. The van der Waals surface area contributed by atoms with Gasteiger partial charge in [-0.25, -0.2) is 0 Å². The zero-order valence-corrected chi connectivity index (χ0v) is 11.6. The van der Waals surface area contributed by atoms with Crippen molar-refractivity contribution in [3.8, 4) is 0 Å². The summed E-state index contributed by atoms with van der Waals surface area (Å²) in [5.41, 5.74) is 8.30. The molecule has 5 heteroatoms. The Morgan fingerprint density at radius 1 is 1.61 bits per heavy atom. The van der Waals surface area contributed by atoms with Gasteiger partial charge in [-0.1, -0.05) is 0 Å². The fraction of sp³-hybridized carbons (Fsp3) is 0.769. The molecule has 2 heterocycles. The molecular weight excluding hydrogens is 228 g/mol. The lowest BCUT2D eigenvalue weighted by molar-refractivity contribution is 0.0154. The van der Waals surface area contributed by atoms with Crippen LogP contribution < -0.4 is 5.73 Å². The Balaban J connectivity index is 2.15. The number of aromatic nitrogens is 2. The second-order valence-electron chi connectivity index (χ2n) is 5.09. The van der Waals surface area contributed by atoms with Crippen LogP contribution in [0, 0.1) is 6.92 Å². The van der Waals surface area contributed by atoms with E-state index in [9.17, 15) is 0 Å². The van der Waals surface area contributed by atoms with Gasteiger partial charge in [0.1, 0.15) is 0 Å². The van der Waals surface area contributed by atoms with Crippen LogP contribution in [0.15, 0.2) is 6.20 Å². The van der Waals surface area contributed by atoms with Crippen molar-refractivity contribution in [1.82, 2.24) is 14.7 Å². The monoisotopic (exact) mass is 252 g/mol. The number of methoxy groups -OCH3 is 1. The highest BCUT2D eigenvalue weighted by molar-refractivity contribution is 5.21. The van der Waals surface area contributed by atoms with E-state index in [2.05, 4.69) is 23.1 Å². The topological polar surface area (TPSA) is 56.3 Å². The highest BCUT2D eigenvalue weighted by atomic mass is 16.5. The van der Waals surface area contributed by atoms with Crippen LogP contribution in [-0.2, 0) is 11.8 Å². The minimum absolute atomic E-state index is 0.261. The van der Waals surface area contributed by atoms with Crippen molar-refractivity contribution in [2.45, 2.75) is 31.9 Å². The Morgan fingerprint density at radius 3 is 2.94 bits per heavy atom. The van der Waals surface area contributed by atoms with E-state index in [1.165, 1.54) is 12.0 Å². The molecule has 0 saturated carbocycles. The second kappa shape index (κ2) is 5.82. The standard InChI is InChI=1S/C13H24N4O/c1-10-12(9-16(2)15-10)13(7-14)17-6-4-5-11(8-17)18-3/h9,11,13H,4-8,14H2,1-3H3. The fourth-order valence-electron chi connectivity index (χ4n) is 2.86. The number of nitrogens with two attached hydrogens (primary N) is 1. The minimum atomic E-state index is 0.261. The van der Waals surface area contributed by atoms with Gasteiger partial charge < -0.3 is 10.5 Å². The third kappa shape index (κ3) is 2.74. The first kappa shape index (κ1) is 13.5. The van der Waals surface area contributed by atoms with E-state index < -0.39 is 0 Å². The number of ether oxygens (including phenoxy) is 1. The van der Waals surface area contributed by atoms with Crippen molar-refractivity contribution < 1.29 is 4.74 Å². The summed E-state index contributed by atoms with van der Waals surface area (Å²) >= 11 is 0. The van der Waals surface area contributed by atoms with Crippen LogP contribution in [0.25, 0.3) is 0 Å². The molecule has 1 aliphatic rings. The number of piperidine rings is 1. The molecule has 5 nitrogen and oxygen atoms in total. The lowest BCUT2D eigenvalue weighted by atomic mass is 10.0. The van der Waals surface area contributed by atoms with E-state index in [1.807, 2.05) is 11.7 Å². The van der Waals surface area contributed by atoms with Gasteiger partial charge in [0.15, 0.2) is 0 Å². The normalized spacial score (nSPS) is 23.2. The Morgan fingerprint density at radius 2 is 2.39 bits per heavy atom. The largest absolute Gasteiger partial charge is 0.380 e. The number of aryl methyl sites for hydroxylation is 2. The smallest absolute Gasteiger partial charge is 0.0698 e. The third-order valence-corrected chi connectivity index (χ3v) is 3.82. The molecule has 102 valence electrons. The minimum Gasteiger partial charge on any atom is -0.380 e. The first-order valence-corrected chi connectivity index (χ1v) is 6.62. The molecule has 0 spiro atoms. The second-order valence-corrected chi connectivity index (χ2v) is 5.09. The number of hydrogen-bond donors (Lipinski definition) is 1. The van der Waals surface area contributed by atoms with Crippen LogP contribution in [0.1, 0.15) is 30.1 Å². The van der Waals surface area contributed by atoms with E-state index in [4.69, 9.17) is 10.5 Å². The van der Waals surface area contributed by atoms with Crippen LogP contribution in [0.4, 0.5) is 0 Å². The highest BCUT2D eigenvalue weighted by Crippen LogP contribution is 2.26. The van der Waals surface area contributed by atoms with Crippen LogP contribution in [-0.4, -0.2) is 47.5 Å². The van der Waals surface area contributed by atoms with Crippen molar-refractivity contribution in [1.29, 1.82) is 0 Å². The van der Waals surface area contributed by atoms with Gasteiger partial charge in [-0.3, -0.25) is 9.58 Å². The Bertz CT molecular complexity index is 390. The molecule has 1 fully saturated rings. The lowest BCUT2D eigenvalue weighted by Gasteiger charge is -2.37. The van der Waals surface area contributed by atoms with Gasteiger partial charge >= 0.3 is 0 Å². The molecule has 2 rings (SSSR count). The SMILES string of the molecule is COC1CCCN(C(CN)c2cn(C)nc2C)C1. The summed E-state index contributed by atoms with van der Waals surface area (Å²) in [7, 11) is 3.75. The maximum atomic E-state index is 5.98. The predicted octanol–water partition coefficient (Wildman–Crippen LogP) is 0.839. The van der Waals surface area contributed by atoms with Crippen LogP contribution >= 0.6 is 0 Å². The third-order valence-electron chi connectivity index (χ3n) is 3.82. The summed E-state index contributed by atoms with van der Waals surface area (Å²) in [6, 6.07) is 0.261. The maximum Gasteiger partial charge on any atom is 0.0698 e. The molecule has 2 unspecified atom stereocenters. The van der Waals surface area contributed by atoms with Crippen molar-refractivity contribution in [2.75, 3.05) is 26.7 Å². The first-order chi connectivity index (χ1) is 8.65. The van der Waals surface area contributed by atoms with Gasteiger partial charge in [-0.2, -0.15) is 5.10 Å². The van der Waals surface area contributed by atoms with Gasteiger partial charge in [-0.05, 0) is 26.3 Å². The van der Waals surface area contributed by atoms with E-state index in [0.29, 0.717) is 12.6 Å². The van der Waals surface area contributed by atoms with Gasteiger partial charge in [0.05, 0.1) is 17.8 Å². The van der Waals surface area contributed by atoms with Gasteiger partial charge in [0, 0.05) is 39.0 Å². The first-order valence-electron chi connectivity index (χ1n) is 6.62. The summed E-state index contributed by atoms with van der Waals surface area (Å²) < 4.78 is 7.35. The molecule has 2 N–H and O–H groups in total. The van der Waals surface area contributed by atoms with Crippen molar-refractivity contribution in [3.63, 3.8) is 0 Å². The van der Waals surface area contributed by atoms with E-state index in [-0.39, 0.29) is 6.04 Å². The molecule has 0 aliphatic carbocycles. The van der Waals surface area contributed by atoms with Gasteiger partial charge in [0.25, 0.3) is 0 Å². The van der Waals surface area contributed by atoms with Gasteiger partial charge in [0.2, 0.25) is 0 Å². The van der Waals surface area contributed by atoms with Crippen molar-refractivity contribution in [2.24, 2.45) is 12.8 Å². The fourth-order valence-corrected chi connectivity index (χ4v) is 2.86. The molecule has 2 atom stereocenters. The Labute approximate surface area is 109 Å². The molecule has 0 bridgehead atoms. The summed E-state index contributed by atoms with van der Waals surface area (Å²) in [6.07, 6.45) is 4.75. The zero-order chi connectivity index (χ0) is 13.1. The number of hydrogen-bond acceptors (Lipinski definition) is 4. The zero-order valence-electron chi connectivity index (χ0n) is 11.6. The summed E-state index contributed by atoms with van der Waals surface area (Å²) in [5, 5.41) is 4.42. The number of rotatable bonds is 4. The number of likely N-dealkylation sites (tertiary alicyclic amines) is 1.